The van der Waals surface area contributed by atoms with E-state index in [1.807, 2.05) is 30.3 Å². The zero-order valence-corrected chi connectivity index (χ0v) is 10.9. The van der Waals surface area contributed by atoms with E-state index >= 15 is 0 Å². The number of imidazole rings is 1. The molecule has 0 aliphatic heterocycles. The molecular formula is C14H17N3O2. The third-order valence-electron chi connectivity index (χ3n) is 2.67. The summed E-state index contributed by atoms with van der Waals surface area (Å²) in [5.74, 6) is 0.221. The van der Waals surface area contributed by atoms with Crippen molar-refractivity contribution in [1.29, 1.82) is 0 Å². The molecule has 0 unspecified atom stereocenters. The largest absolute Gasteiger partial charge is 0.375 e. The number of carbonyl (C=O) groups is 1. The van der Waals surface area contributed by atoms with Crippen molar-refractivity contribution < 1.29 is 9.53 Å². The monoisotopic (exact) mass is 259 g/mol. The standard InChI is InChI=1S/C14H17N3O2/c1-17-9-7-15-13(17)14(18)16-8-10-19-11-12-5-3-2-4-6-12/h2-7,9H,8,10-11H2,1H3,(H,16,18). The van der Waals surface area contributed by atoms with E-state index in [0.29, 0.717) is 25.6 Å². The van der Waals surface area contributed by atoms with Crippen molar-refractivity contribution in [3.63, 3.8) is 0 Å². The molecule has 100 valence electrons. The van der Waals surface area contributed by atoms with Crippen LogP contribution in [0, 0.1) is 0 Å². The third kappa shape index (κ3) is 3.93. The average Bonchev–Trinajstić information content (AvgIpc) is 2.86. The van der Waals surface area contributed by atoms with E-state index in [4.69, 9.17) is 4.74 Å². The fourth-order valence-electron chi connectivity index (χ4n) is 1.66. The molecule has 0 bridgehead atoms. The number of carbonyl (C=O) groups excluding carboxylic acids is 1. The molecule has 0 radical (unpaired) electrons. The minimum Gasteiger partial charge on any atom is -0.375 e. The van der Waals surface area contributed by atoms with Crippen molar-refractivity contribution >= 4 is 5.91 Å². The number of ether oxygens (including phenoxy) is 1. The number of hydrogen-bond acceptors (Lipinski definition) is 3. The molecule has 0 fully saturated rings. The smallest absolute Gasteiger partial charge is 0.287 e. The molecule has 0 saturated heterocycles. The fraction of sp³-hybridized carbons (Fsp3) is 0.286. The molecule has 5 heteroatoms. The Balaban J connectivity index is 1.65. The van der Waals surface area contributed by atoms with Gasteiger partial charge in [-0.05, 0) is 5.56 Å². The highest BCUT2D eigenvalue weighted by Gasteiger charge is 2.09. The third-order valence-corrected chi connectivity index (χ3v) is 2.67. The maximum atomic E-state index is 11.7. The number of amides is 1. The second-order valence-corrected chi connectivity index (χ2v) is 4.16. The first kappa shape index (κ1) is 13.3. The fourth-order valence-corrected chi connectivity index (χ4v) is 1.66. The summed E-state index contributed by atoms with van der Waals surface area (Å²) in [6.45, 7) is 1.50. The number of nitrogens with zero attached hydrogens (tertiary/aromatic N) is 2. The maximum absolute atomic E-state index is 11.7. The number of rotatable bonds is 6. The van der Waals surface area contributed by atoms with Gasteiger partial charge in [0.05, 0.1) is 13.2 Å². The molecule has 1 heterocycles. The molecule has 0 saturated carbocycles. The van der Waals surface area contributed by atoms with Gasteiger partial charge in [-0.1, -0.05) is 30.3 Å². The minimum atomic E-state index is -0.184. The van der Waals surface area contributed by atoms with Crippen LogP contribution in [0.25, 0.3) is 0 Å². The van der Waals surface area contributed by atoms with Crippen LogP contribution in [0.4, 0.5) is 0 Å². The number of aryl methyl sites for hydroxylation is 1. The second-order valence-electron chi connectivity index (χ2n) is 4.16. The van der Waals surface area contributed by atoms with Crippen molar-refractivity contribution in [3.05, 3.63) is 54.1 Å². The molecule has 1 amide bonds. The lowest BCUT2D eigenvalue weighted by atomic mass is 10.2. The number of nitrogens with one attached hydrogen (secondary N) is 1. The summed E-state index contributed by atoms with van der Waals surface area (Å²) in [4.78, 5) is 15.7. The van der Waals surface area contributed by atoms with Crippen LogP contribution >= 0.6 is 0 Å². The van der Waals surface area contributed by atoms with Crippen LogP contribution in [-0.2, 0) is 18.4 Å². The highest BCUT2D eigenvalue weighted by molar-refractivity contribution is 5.90. The first-order chi connectivity index (χ1) is 9.27. The zero-order chi connectivity index (χ0) is 13.5. The van der Waals surface area contributed by atoms with Crippen molar-refractivity contribution in [1.82, 2.24) is 14.9 Å². The molecule has 2 aromatic rings. The molecule has 0 aliphatic carbocycles. The van der Waals surface area contributed by atoms with Crippen LogP contribution < -0.4 is 5.32 Å². The van der Waals surface area contributed by atoms with Crippen LogP contribution in [-0.4, -0.2) is 28.6 Å². The molecular weight excluding hydrogens is 242 g/mol. The van der Waals surface area contributed by atoms with E-state index in [2.05, 4.69) is 10.3 Å². The lowest BCUT2D eigenvalue weighted by Crippen LogP contribution is -2.29. The molecule has 5 nitrogen and oxygen atoms in total. The highest BCUT2D eigenvalue weighted by atomic mass is 16.5. The Hall–Kier alpha value is -2.14. The SMILES string of the molecule is Cn1ccnc1C(=O)NCCOCc1ccccc1. The zero-order valence-electron chi connectivity index (χ0n) is 10.9. The normalized spacial score (nSPS) is 10.4. The Morgan fingerprint density at radius 3 is 2.84 bits per heavy atom. The molecule has 0 atom stereocenters. The van der Waals surface area contributed by atoms with E-state index in [9.17, 15) is 4.79 Å². The summed E-state index contributed by atoms with van der Waals surface area (Å²) in [5, 5.41) is 2.76. The summed E-state index contributed by atoms with van der Waals surface area (Å²) in [6, 6.07) is 9.93. The van der Waals surface area contributed by atoms with Gasteiger partial charge in [0, 0.05) is 26.0 Å². The van der Waals surface area contributed by atoms with Gasteiger partial charge >= 0.3 is 0 Å². The van der Waals surface area contributed by atoms with Crippen LogP contribution in [0.3, 0.4) is 0 Å². The summed E-state index contributed by atoms with van der Waals surface area (Å²) in [5.41, 5.74) is 1.12. The van der Waals surface area contributed by atoms with Gasteiger partial charge in [-0.25, -0.2) is 4.98 Å². The molecule has 1 aromatic heterocycles. The molecule has 19 heavy (non-hydrogen) atoms. The van der Waals surface area contributed by atoms with Crippen molar-refractivity contribution in [2.75, 3.05) is 13.2 Å². The summed E-state index contributed by atoms with van der Waals surface area (Å²) in [7, 11) is 1.79. The van der Waals surface area contributed by atoms with Gasteiger partial charge in [-0.3, -0.25) is 4.79 Å². The summed E-state index contributed by atoms with van der Waals surface area (Å²) >= 11 is 0. The highest BCUT2D eigenvalue weighted by Crippen LogP contribution is 1.99. The summed E-state index contributed by atoms with van der Waals surface area (Å²) < 4.78 is 7.16. The molecule has 0 aliphatic rings. The Kier molecular flexibility index (Phi) is 4.69. The lowest BCUT2D eigenvalue weighted by molar-refractivity contribution is 0.0888. The van der Waals surface area contributed by atoms with Gasteiger partial charge in [-0.2, -0.15) is 0 Å². The topological polar surface area (TPSA) is 56.2 Å². The van der Waals surface area contributed by atoms with E-state index in [1.54, 1.807) is 24.0 Å². The Morgan fingerprint density at radius 1 is 1.37 bits per heavy atom. The van der Waals surface area contributed by atoms with Gasteiger partial charge in [0.1, 0.15) is 0 Å². The molecule has 2 rings (SSSR count). The van der Waals surface area contributed by atoms with Crippen molar-refractivity contribution in [2.45, 2.75) is 6.61 Å². The maximum Gasteiger partial charge on any atom is 0.287 e. The number of benzene rings is 1. The van der Waals surface area contributed by atoms with Gasteiger partial charge in [0.2, 0.25) is 0 Å². The van der Waals surface area contributed by atoms with Gasteiger partial charge in [0.25, 0.3) is 5.91 Å². The number of aromatic nitrogens is 2. The first-order valence-corrected chi connectivity index (χ1v) is 6.14. The van der Waals surface area contributed by atoms with Gasteiger partial charge in [0.15, 0.2) is 5.82 Å². The Bertz CT molecular complexity index is 522. The van der Waals surface area contributed by atoms with E-state index in [1.165, 1.54) is 0 Å². The van der Waals surface area contributed by atoms with Crippen LogP contribution in [0.2, 0.25) is 0 Å². The summed E-state index contributed by atoms with van der Waals surface area (Å²) in [6.07, 6.45) is 3.33. The predicted octanol–water partition coefficient (Wildman–Crippen LogP) is 1.37. The van der Waals surface area contributed by atoms with E-state index < -0.39 is 0 Å². The van der Waals surface area contributed by atoms with E-state index in [-0.39, 0.29) is 5.91 Å². The van der Waals surface area contributed by atoms with Gasteiger partial charge in [-0.15, -0.1) is 0 Å². The van der Waals surface area contributed by atoms with Crippen LogP contribution in [0.15, 0.2) is 42.7 Å². The van der Waals surface area contributed by atoms with Gasteiger partial charge < -0.3 is 14.6 Å². The molecule has 1 N–H and O–H groups in total. The number of hydrogen-bond donors (Lipinski definition) is 1. The quantitative estimate of drug-likeness (QED) is 0.797. The van der Waals surface area contributed by atoms with Crippen LogP contribution in [0.1, 0.15) is 16.2 Å². The second kappa shape index (κ2) is 6.70. The minimum absolute atomic E-state index is 0.184. The van der Waals surface area contributed by atoms with Crippen molar-refractivity contribution in [2.24, 2.45) is 7.05 Å². The van der Waals surface area contributed by atoms with E-state index in [0.717, 1.165) is 5.56 Å². The Labute approximate surface area is 112 Å². The average molecular weight is 259 g/mol. The first-order valence-electron chi connectivity index (χ1n) is 6.14. The Morgan fingerprint density at radius 2 is 2.16 bits per heavy atom. The molecule has 0 spiro atoms. The molecule has 1 aromatic carbocycles. The predicted molar refractivity (Wildman–Crippen MR) is 71.6 cm³/mol. The van der Waals surface area contributed by atoms with Crippen molar-refractivity contribution in [3.8, 4) is 0 Å². The van der Waals surface area contributed by atoms with Crippen LogP contribution in [0.5, 0.6) is 0 Å². The lowest BCUT2D eigenvalue weighted by Gasteiger charge is -2.06.